The Labute approximate surface area is 112 Å². The summed E-state index contributed by atoms with van der Waals surface area (Å²) in [5.74, 6) is 0.628. The second-order valence-electron chi connectivity index (χ2n) is 6.16. The fourth-order valence-electron chi connectivity index (χ4n) is 2.22. The Morgan fingerprint density at radius 1 is 1.22 bits per heavy atom. The lowest BCUT2D eigenvalue weighted by Gasteiger charge is -2.35. The van der Waals surface area contributed by atoms with Gasteiger partial charge in [0.1, 0.15) is 0 Å². The van der Waals surface area contributed by atoms with E-state index in [1.54, 1.807) is 25.1 Å². The summed E-state index contributed by atoms with van der Waals surface area (Å²) in [5.41, 5.74) is 0. The van der Waals surface area contributed by atoms with Gasteiger partial charge < -0.3 is 5.32 Å². The smallest absolute Gasteiger partial charge is 0.219 e. The minimum atomic E-state index is -3.14. The summed E-state index contributed by atoms with van der Waals surface area (Å²) < 4.78 is 25.6. The average Bonchev–Trinajstić information content (AvgIpc) is 2.28. The van der Waals surface area contributed by atoms with E-state index in [-0.39, 0.29) is 0 Å². The maximum Gasteiger partial charge on any atom is 0.219 e. The minimum absolute atomic E-state index is 0.628. The molecule has 0 aromatic heterocycles. The van der Waals surface area contributed by atoms with Gasteiger partial charge in [-0.25, -0.2) is 12.7 Å². The van der Waals surface area contributed by atoms with Gasteiger partial charge in [0.15, 0.2) is 0 Å². The molecule has 0 aliphatic carbocycles. The summed E-state index contributed by atoms with van der Waals surface area (Å²) in [5, 5.41) is 3.42. The van der Waals surface area contributed by atoms with Crippen LogP contribution in [0, 0.1) is 5.92 Å². The average molecular weight is 276 g/mol. The zero-order valence-electron chi connectivity index (χ0n) is 12.2. The standard InChI is InChI=1S/C13H28N2O2S/c1-5-8-14-11-12-6-9-15(10-7-12)18(16,17)13(2,3)4/h12,14H,5-11H2,1-4H3. The van der Waals surface area contributed by atoms with Crippen molar-refractivity contribution in [2.75, 3.05) is 26.2 Å². The predicted octanol–water partition coefficient (Wildman–Crippen LogP) is 1.83. The van der Waals surface area contributed by atoms with E-state index in [0.29, 0.717) is 19.0 Å². The van der Waals surface area contributed by atoms with Crippen LogP contribution in [0.4, 0.5) is 0 Å². The highest BCUT2D eigenvalue weighted by Crippen LogP contribution is 2.25. The molecule has 0 aromatic rings. The van der Waals surface area contributed by atoms with Crippen LogP contribution in [-0.2, 0) is 10.0 Å². The molecule has 0 amide bonds. The SMILES string of the molecule is CCCNCC1CCN(S(=O)(=O)C(C)(C)C)CC1. The maximum absolute atomic E-state index is 12.3. The zero-order valence-corrected chi connectivity index (χ0v) is 13.0. The van der Waals surface area contributed by atoms with Crippen LogP contribution >= 0.6 is 0 Å². The maximum atomic E-state index is 12.3. The molecule has 0 unspecified atom stereocenters. The fraction of sp³-hybridized carbons (Fsp3) is 1.00. The van der Waals surface area contributed by atoms with Crippen molar-refractivity contribution < 1.29 is 8.42 Å². The van der Waals surface area contributed by atoms with Crippen LogP contribution < -0.4 is 5.32 Å². The Hall–Kier alpha value is -0.130. The van der Waals surface area contributed by atoms with Crippen molar-refractivity contribution in [2.24, 2.45) is 5.92 Å². The van der Waals surface area contributed by atoms with Gasteiger partial charge in [0, 0.05) is 13.1 Å². The van der Waals surface area contributed by atoms with Crippen molar-refractivity contribution in [1.29, 1.82) is 0 Å². The van der Waals surface area contributed by atoms with Gasteiger partial charge in [-0.2, -0.15) is 0 Å². The Balaban J connectivity index is 2.45. The van der Waals surface area contributed by atoms with E-state index < -0.39 is 14.8 Å². The first-order chi connectivity index (χ1) is 8.29. The third-order valence-corrected chi connectivity index (χ3v) is 6.14. The van der Waals surface area contributed by atoms with Gasteiger partial charge in [0.05, 0.1) is 4.75 Å². The predicted molar refractivity (Wildman–Crippen MR) is 76.1 cm³/mol. The van der Waals surface area contributed by atoms with Crippen LogP contribution in [0.5, 0.6) is 0 Å². The number of nitrogens with one attached hydrogen (secondary N) is 1. The van der Waals surface area contributed by atoms with Crippen molar-refractivity contribution in [3.8, 4) is 0 Å². The highest BCUT2D eigenvalue weighted by Gasteiger charge is 2.36. The molecule has 0 bridgehead atoms. The van der Waals surface area contributed by atoms with E-state index in [0.717, 1.165) is 32.4 Å². The monoisotopic (exact) mass is 276 g/mol. The molecule has 108 valence electrons. The van der Waals surface area contributed by atoms with Gasteiger partial charge in [0.25, 0.3) is 0 Å². The normalized spacial score (nSPS) is 20.2. The van der Waals surface area contributed by atoms with Gasteiger partial charge in [-0.15, -0.1) is 0 Å². The van der Waals surface area contributed by atoms with Crippen LogP contribution in [0.1, 0.15) is 47.0 Å². The molecule has 0 radical (unpaired) electrons. The van der Waals surface area contributed by atoms with E-state index in [4.69, 9.17) is 0 Å². The highest BCUT2D eigenvalue weighted by atomic mass is 32.2. The van der Waals surface area contributed by atoms with Crippen LogP contribution in [0.3, 0.4) is 0 Å². The summed E-state index contributed by atoms with van der Waals surface area (Å²) in [7, 11) is -3.14. The second-order valence-corrected chi connectivity index (χ2v) is 8.86. The Kier molecular flexibility index (Phi) is 5.62. The molecule has 0 spiro atoms. The van der Waals surface area contributed by atoms with E-state index in [1.807, 2.05) is 0 Å². The number of nitrogens with zero attached hydrogens (tertiary/aromatic N) is 1. The number of sulfonamides is 1. The van der Waals surface area contributed by atoms with Crippen molar-refractivity contribution in [2.45, 2.75) is 51.7 Å². The summed E-state index contributed by atoms with van der Waals surface area (Å²) >= 11 is 0. The molecule has 18 heavy (non-hydrogen) atoms. The van der Waals surface area contributed by atoms with Crippen molar-refractivity contribution in [3.63, 3.8) is 0 Å². The second kappa shape index (κ2) is 6.35. The quantitative estimate of drug-likeness (QED) is 0.779. The van der Waals surface area contributed by atoms with E-state index in [2.05, 4.69) is 12.2 Å². The molecule has 1 fully saturated rings. The first kappa shape index (κ1) is 15.9. The van der Waals surface area contributed by atoms with Crippen molar-refractivity contribution >= 4 is 10.0 Å². The molecule has 0 saturated carbocycles. The first-order valence-corrected chi connectivity index (χ1v) is 8.43. The molecule has 1 heterocycles. The molecular weight excluding hydrogens is 248 g/mol. The van der Waals surface area contributed by atoms with Gasteiger partial charge >= 0.3 is 0 Å². The molecule has 1 aliphatic heterocycles. The first-order valence-electron chi connectivity index (χ1n) is 6.99. The number of piperidine rings is 1. The lowest BCUT2D eigenvalue weighted by Crippen LogP contribution is -2.47. The molecule has 0 aromatic carbocycles. The topological polar surface area (TPSA) is 49.4 Å². The van der Waals surface area contributed by atoms with Crippen molar-refractivity contribution in [1.82, 2.24) is 9.62 Å². The molecule has 1 saturated heterocycles. The van der Waals surface area contributed by atoms with Gasteiger partial charge in [0.2, 0.25) is 10.0 Å². The van der Waals surface area contributed by atoms with Crippen LogP contribution in [0.2, 0.25) is 0 Å². The molecule has 1 rings (SSSR count). The minimum Gasteiger partial charge on any atom is -0.316 e. The van der Waals surface area contributed by atoms with E-state index >= 15 is 0 Å². The Bertz CT molecular complexity index is 338. The number of hydrogen-bond acceptors (Lipinski definition) is 3. The molecule has 1 aliphatic rings. The van der Waals surface area contributed by atoms with Crippen molar-refractivity contribution in [3.05, 3.63) is 0 Å². The third kappa shape index (κ3) is 3.93. The van der Waals surface area contributed by atoms with Crippen LogP contribution in [0.15, 0.2) is 0 Å². The highest BCUT2D eigenvalue weighted by molar-refractivity contribution is 7.90. The molecule has 0 atom stereocenters. The lowest BCUT2D eigenvalue weighted by atomic mass is 9.98. The summed E-state index contributed by atoms with van der Waals surface area (Å²) in [6, 6.07) is 0. The number of rotatable bonds is 5. The third-order valence-electron chi connectivity index (χ3n) is 3.55. The van der Waals surface area contributed by atoms with E-state index in [1.165, 1.54) is 0 Å². The lowest BCUT2D eigenvalue weighted by molar-refractivity contribution is 0.263. The largest absolute Gasteiger partial charge is 0.316 e. The molecule has 1 N–H and O–H groups in total. The van der Waals surface area contributed by atoms with Gasteiger partial charge in [-0.1, -0.05) is 6.92 Å². The number of hydrogen-bond donors (Lipinski definition) is 1. The fourth-order valence-corrected chi connectivity index (χ4v) is 3.69. The van der Waals surface area contributed by atoms with Crippen LogP contribution in [0.25, 0.3) is 0 Å². The molecule has 4 nitrogen and oxygen atoms in total. The van der Waals surface area contributed by atoms with Crippen LogP contribution in [-0.4, -0.2) is 43.6 Å². The summed E-state index contributed by atoms with van der Waals surface area (Å²) in [4.78, 5) is 0. The van der Waals surface area contributed by atoms with Gasteiger partial charge in [-0.05, 0) is 59.0 Å². The van der Waals surface area contributed by atoms with Gasteiger partial charge in [-0.3, -0.25) is 0 Å². The summed E-state index contributed by atoms with van der Waals surface area (Å²) in [6.45, 7) is 10.9. The Morgan fingerprint density at radius 3 is 2.22 bits per heavy atom. The zero-order chi connectivity index (χ0) is 13.8. The molecule has 5 heteroatoms. The molecular formula is C13H28N2O2S. The Morgan fingerprint density at radius 2 is 1.78 bits per heavy atom. The summed E-state index contributed by atoms with van der Waals surface area (Å²) in [6.07, 6.45) is 3.11. The van der Waals surface area contributed by atoms with E-state index in [9.17, 15) is 8.42 Å².